The van der Waals surface area contributed by atoms with E-state index in [2.05, 4.69) is 0 Å². The van der Waals surface area contributed by atoms with Gasteiger partial charge >= 0.3 is 11.9 Å². The van der Waals surface area contributed by atoms with Gasteiger partial charge in [-0.1, -0.05) is 48.5 Å². The van der Waals surface area contributed by atoms with E-state index in [0.717, 1.165) is 5.56 Å². The Morgan fingerprint density at radius 3 is 2.48 bits per heavy atom. The van der Waals surface area contributed by atoms with Crippen molar-refractivity contribution in [1.82, 2.24) is 0 Å². The van der Waals surface area contributed by atoms with Crippen molar-refractivity contribution in [3.05, 3.63) is 82.0 Å². The number of cyclic esters (lactones) is 1. The smallest absolute Gasteiger partial charge is 0.348 e. The molecule has 1 unspecified atom stereocenters. The second-order valence-electron chi connectivity index (χ2n) is 5.54. The molecule has 0 saturated heterocycles. The van der Waals surface area contributed by atoms with Crippen molar-refractivity contribution in [3.8, 4) is 0 Å². The maximum absolute atomic E-state index is 12.3. The van der Waals surface area contributed by atoms with Crippen LogP contribution in [0.25, 0.3) is 0 Å². The average Bonchev–Trinajstić information content (AvgIpc) is 2.61. The molecule has 2 aromatic carbocycles. The summed E-state index contributed by atoms with van der Waals surface area (Å²) in [7, 11) is 0. The van der Waals surface area contributed by atoms with E-state index in [0.29, 0.717) is 11.3 Å². The van der Waals surface area contributed by atoms with Gasteiger partial charge in [0.25, 0.3) is 0 Å². The third-order valence-corrected chi connectivity index (χ3v) is 5.01. The number of ether oxygens (including phenoxy) is 1. The topological polar surface area (TPSA) is 83.8 Å². The van der Waals surface area contributed by atoms with Gasteiger partial charge in [-0.15, -0.1) is 11.8 Å². The maximum atomic E-state index is 12.3. The summed E-state index contributed by atoms with van der Waals surface area (Å²) in [5.41, 5.74) is 1.47. The van der Waals surface area contributed by atoms with E-state index in [1.165, 1.54) is 17.8 Å². The van der Waals surface area contributed by atoms with Crippen molar-refractivity contribution in [2.75, 3.05) is 0 Å². The Kier molecular flexibility index (Phi) is 5.09. The molecular formula is C19H16O5S. The molecule has 3 rings (SSSR count). The number of esters is 1. The second-order valence-corrected chi connectivity index (χ2v) is 6.53. The highest BCUT2D eigenvalue weighted by Crippen LogP contribution is 2.37. The Balaban J connectivity index is 1.78. The van der Waals surface area contributed by atoms with Gasteiger partial charge in [0.05, 0.1) is 5.56 Å². The van der Waals surface area contributed by atoms with Crippen LogP contribution in [-0.2, 0) is 15.3 Å². The first kappa shape index (κ1) is 17.1. The van der Waals surface area contributed by atoms with Crippen molar-refractivity contribution >= 4 is 23.7 Å². The van der Waals surface area contributed by atoms with E-state index in [-0.39, 0.29) is 22.6 Å². The van der Waals surface area contributed by atoms with E-state index in [4.69, 9.17) is 4.74 Å². The summed E-state index contributed by atoms with van der Waals surface area (Å²) in [5, 5.41) is 19.6. The molecule has 1 aliphatic heterocycles. The van der Waals surface area contributed by atoms with Gasteiger partial charge in [0.1, 0.15) is 16.8 Å². The molecule has 25 heavy (non-hydrogen) atoms. The first-order valence-electron chi connectivity index (χ1n) is 7.68. The van der Waals surface area contributed by atoms with E-state index in [9.17, 15) is 19.8 Å². The lowest BCUT2D eigenvalue weighted by atomic mass is 9.98. The van der Waals surface area contributed by atoms with Crippen LogP contribution in [0.2, 0.25) is 0 Å². The zero-order chi connectivity index (χ0) is 17.8. The third-order valence-electron chi connectivity index (χ3n) is 3.84. The minimum absolute atomic E-state index is 0.0627. The number of aromatic carboxylic acids is 1. The number of thioether (sulfide) groups is 1. The standard InChI is InChI=1S/C19H16O5S/c20-15-10-16(13-8-4-5-9-14(13)18(21)22)24-19(23)17(15)25-11-12-6-2-1-3-7-12/h1-9,16,20H,10-11H2,(H,21,22). The van der Waals surface area contributed by atoms with Gasteiger partial charge in [-0.3, -0.25) is 0 Å². The molecule has 2 N–H and O–H groups in total. The maximum Gasteiger partial charge on any atom is 0.348 e. The number of hydrogen-bond donors (Lipinski definition) is 2. The fourth-order valence-corrected chi connectivity index (χ4v) is 3.55. The highest BCUT2D eigenvalue weighted by atomic mass is 32.2. The van der Waals surface area contributed by atoms with Gasteiger partial charge in [-0.25, -0.2) is 9.59 Å². The van der Waals surface area contributed by atoms with Crippen LogP contribution in [0.1, 0.15) is 34.0 Å². The average molecular weight is 356 g/mol. The van der Waals surface area contributed by atoms with Crippen LogP contribution in [0.15, 0.2) is 65.3 Å². The number of carboxylic acid groups (broad SMARTS) is 1. The molecular weight excluding hydrogens is 340 g/mol. The zero-order valence-corrected chi connectivity index (χ0v) is 14.0. The van der Waals surface area contributed by atoms with Gasteiger partial charge < -0.3 is 14.9 Å². The lowest BCUT2D eigenvalue weighted by Crippen LogP contribution is -2.22. The Morgan fingerprint density at radius 1 is 1.12 bits per heavy atom. The number of hydrogen-bond acceptors (Lipinski definition) is 5. The predicted octanol–water partition coefficient (Wildman–Crippen LogP) is 4.08. The largest absolute Gasteiger partial charge is 0.511 e. The summed E-state index contributed by atoms with van der Waals surface area (Å²) in [6.45, 7) is 0. The molecule has 0 fully saturated rings. The molecule has 2 aromatic rings. The summed E-state index contributed by atoms with van der Waals surface area (Å²) >= 11 is 1.21. The van der Waals surface area contributed by atoms with Gasteiger partial charge in [0.15, 0.2) is 0 Å². The van der Waals surface area contributed by atoms with Gasteiger partial charge in [0, 0.05) is 17.7 Å². The first-order valence-corrected chi connectivity index (χ1v) is 8.67. The van der Waals surface area contributed by atoms with E-state index < -0.39 is 18.0 Å². The molecule has 0 spiro atoms. The monoisotopic (exact) mass is 356 g/mol. The van der Waals surface area contributed by atoms with Gasteiger partial charge in [0.2, 0.25) is 0 Å². The number of carboxylic acids is 1. The normalized spacial score (nSPS) is 17.3. The van der Waals surface area contributed by atoms with Crippen molar-refractivity contribution in [2.24, 2.45) is 0 Å². The van der Waals surface area contributed by atoms with Crippen LogP contribution in [-0.4, -0.2) is 22.2 Å². The molecule has 0 radical (unpaired) electrons. The minimum Gasteiger partial charge on any atom is -0.511 e. The van der Waals surface area contributed by atoms with Crippen molar-refractivity contribution in [1.29, 1.82) is 0 Å². The molecule has 1 aliphatic rings. The number of aliphatic hydroxyl groups excluding tert-OH is 1. The second kappa shape index (κ2) is 7.44. The molecule has 0 bridgehead atoms. The van der Waals surface area contributed by atoms with E-state index in [1.807, 2.05) is 30.3 Å². The van der Waals surface area contributed by atoms with Crippen LogP contribution in [0.3, 0.4) is 0 Å². The Labute approximate surface area is 148 Å². The van der Waals surface area contributed by atoms with Crippen molar-refractivity contribution in [2.45, 2.75) is 18.3 Å². The highest BCUT2D eigenvalue weighted by molar-refractivity contribution is 8.03. The summed E-state index contributed by atoms with van der Waals surface area (Å²) in [4.78, 5) is 23.8. The molecule has 0 amide bonds. The molecule has 0 aliphatic carbocycles. The number of carbonyl (C=O) groups is 2. The van der Waals surface area contributed by atoms with E-state index in [1.54, 1.807) is 18.2 Å². The lowest BCUT2D eigenvalue weighted by molar-refractivity contribution is -0.146. The summed E-state index contributed by atoms with van der Waals surface area (Å²) in [6.07, 6.45) is -0.742. The number of aliphatic hydroxyl groups is 1. The fraction of sp³-hybridized carbons (Fsp3) is 0.158. The van der Waals surface area contributed by atoms with Crippen LogP contribution in [0.4, 0.5) is 0 Å². The molecule has 6 heteroatoms. The van der Waals surface area contributed by atoms with Gasteiger partial charge in [-0.05, 0) is 11.6 Å². The quantitative estimate of drug-likeness (QED) is 0.786. The Hall–Kier alpha value is -2.73. The number of benzene rings is 2. The SMILES string of the molecule is O=C1OC(c2ccccc2C(=O)O)CC(O)=C1SCc1ccccc1. The van der Waals surface area contributed by atoms with Crippen LogP contribution in [0, 0.1) is 0 Å². The van der Waals surface area contributed by atoms with Crippen molar-refractivity contribution in [3.63, 3.8) is 0 Å². The van der Waals surface area contributed by atoms with Crippen LogP contribution >= 0.6 is 11.8 Å². The molecule has 1 heterocycles. The molecule has 1 atom stereocenters. The predicted molar refractivity (Wildman–Crippen MR) is 94.2 cm³/mol. The Bertz CT molecular complexity index is 829. The van der Waals surface area contributed by atoms with Crippen molar-refractivity contribution < 1.29 is 24.5 Å². The summed E-state index contributed by atoms with van der Waals surface area (Å²) < 4.78 is 5.39. The summed E-state index contributed by atoms with van der Waals surface area (Å²) in [5.74, 6) is -1.26. The highest BCUT2D eigenvalue weighted by Gasteiger charge is 2.32. The Morgan fingerprint density at radius 2 is 1.80 bits per heavy atom. The number of rotatable bonds is 5. The fourth-order valence-electron chi connectivity index (χ4n) is 2.63. The molecule has 128 valence electrons. The first-order chi connectivity index (χ1) is 12.1. The number of carbonyl (C=O) groups excluding carboxylic acids is 1. The zero-order valence-electron chi connectivity index (χ0n) is 13.2. The molecule has 0 saturated carbocycles. The molecule has 0 aromatic heterocycles. The third kappa shape index (κ3) is 3.85. The van der Waals surface area contributed by atoms with Crippen LogP contribution in [0.5, 0.6) is 0 Å². The lowest BCUT2D eigenvalue weighted by Gasteiger charge is -2.25. The van der Waals surface area contributed by atoms with Gasteiger partial charge in [-0.2, -0.15) is 0 Å². The summed E-state index contributed by atoms with van der Waals surface area (Å²) in [6, 6.07) is 15.9. The molecule has 5 nitrogen and oxygen atoms in total. The van der Waals surface area contributed by atoms with E-state index >= 15 is 0 Å². The minimum atomic E-state index is -1.10. The van der Waals surface area contributed by atoms with Crippen LogP contribution < -0.4 is 0 Å².